The highest BCUT2D eigenvalue weighted by Crippen LogP contribution is 2.32. The number of nitrogens with zero attached hydrogens (tertiary/aromatic N) is 1. The van der Waals surface area contributed by atoms with Crippen molar-refractivity contribution in [3.63, 3.8) is 0 Å². The molecule has 3 heteroatoms. The summed E-state index contributed by atoms with van der Waals surface area (Å²) in [7, 11) is 0. The Balaban J connectivity index is 1.87. The third-order valence-electron chi connectivity index (χ3n) is 2.70. The van der Waals surface area contributed by atoms with Crippen LogP contribution in [0.15, 0.2) is 40.4 Å². The minimum absolute atomic E-state index is 0.679. The number of benzene rings is 1. The number of hydrogen-bond acceptors (Lipinski definition) is 3. The highest BCUT2D eigenvalue weighted by molar-refractivity contribution is 8.00. The van der Waals surface area contributed by atoms with Crippen LogP contribution in [0.5, 0.6) is 0 Å². The van der Waals surface area contributed by atoms with E-state index in [-0.39, 0.29) is 0 Å². The average Bonchev–Trinajstić information content (AvgIpc) is 2.31. The molecule has 0 aromatic heterocycles. The zero-order valence-corrected chi connectivity index (χ0v) is 9.41. The number of hydrogen-bond donors (Lipinski definition) is 1. The second-order valence-corrected chi connectivity index (χ2v) is 5.17. The number of rotatable bonds is 2. The third-order valence-corrected chi connectivity index (χ3v) is 4.05. The molecule has 0 spiro atoms. The topological polar surface area (TPSA) is 32.6 Å². The summed E-state index contributed by atoms with van der Waals surface area (Å²) in [5.41, 5.74) is 0.958. The molecule has 1 aliphatic carbocycles. The lowest BCUT2D eigenvalue weighted by Gasteiger charge is -2.21. The summed E-state index contributed by atoms with van der Waals surface area (Å²) in [5, 5.41) is 12.6. The molecular weight excluding hydrogens is 206 g/mol. The Hall–Kier alpha value is -0.960. The van der Waals surface area contributed by atoms with Crippen molar-refractivity contribution in [2.75, 3.05) is 0 Å². The van der Waals surface area contributed by atoms with Crippen molar-refractivity contribution < 1.29 is 5.21 Å². The van der Waals surface area contributed by atoms with Crippen molar-refractivity contribution in [2.24, 2.45) is 5.16 Å². The summed E-state index contributed by atoms with van der Waals surface area (Å²) in [4.78, 5) is 1.34. The fourth-order valence-electron chi connectivity index (χ4n) is 1.83. The third kappa shape index (κ3) is 2.99. The largest absolute Gasteiger partial charge is 0.411 e. The molecule has 1 aromatic carbocycles. The van der Waals surface area contributed by atoms with Crippen LogP contribution in [0.2, 0.25) is 0 Å². The molecule has 0 heterocycles. The van der Waals surface area contributed by atoms with E-state index in [0.29, 0.717) is 5.25 Å². The lowest BCUT2D eigenvalue weighted by Crippen LogP contribution is -2.15. The molecule has 1 saturated carbocycles. The van der Waals surface area contributed by atoms with Crippen molar-refractivity contribution in [3.8, 4) is 0 Å². The van der Waals surface area contributed by atoms with Gasteiger partial charge in [0, 0.05) is 10.1 Å². The summed E-state index contributed by atoms with van der Waals surface area (Å²) in [6.07, 6.45) is 4.14. The van der Waals surface area contributed by atoms with E-state index < -0.39 is 0 Å². The molecule has 1 aromatic rings. The van der Waals surface area contributed by atoms with Crippen LogP contribution in [-0.2, 0) is 0 Å². The quantitative estimate of drug-likeness (QED) is 0.612. The van der Waals surface area contributed by atoms with E-state index in [4.69, 9.17) is 5.21 Å². The van der Waals surface area contributed by atoms with E-state index in [1.807, 2.05) is 17.8 Å². The van der Waals surface area contributed by atoms with E-state index in [1.165, 1.54) is 4.90 Å². The van der Waals surface area contributed by atoms with Gasteiger partial charge in [-0.25, -0.2) is 0 Å². The van der Waals surface area contributed by atoms with E-state index in [0.717, 1.165) is 31.4 Å². The van der Waals surface area contributed by atoms with Crippen LogP contribution in [-0.4, -0.2) is 16.2 Å². The van der Waals surface area contributed by atoms with Crippen molar-refractivity contribution in [1.29, 1.82) is 0 Å². The minimum atomic E-state index is 0.679. The Morgan fingerprint density at radius 3 is 2.40 bits per heavy atom. The fourth-order valence-corrected chi connectivity index (χ4v) is 3.00. The summed E-state index contributed by atoms with van der Waals surface area (Å²) in [6.45, 7) is 0. The molecule has 2 rings (SSSR count). The molecule has 1 fully saturated rings. The lowest BCUT2D eigenvalue weighted by atomic mass is 9.98. The maximum Gasteiger partial charge on any atom is 0.0571 e. The van der Waals surface area contributed by atoms with Crippen LogP contribution >= 0.6 is 11.8 Å². The van der Waals surface area contributed by atoms with Gasteiger partial charge in [0.05, 0.1) is 5.71 Å². The van der Waals surface area contributed by atoms with E-state index in [1.54, 1.807) is 0 Å². The Kier molecular flexibility index (Phi) is 3.67. The first-order valence-electron chi connectivity index (χ1n) is 5.30. The Bertz CT molecular complexity index is 327. The zero-order valence-electron chi connectivity index (χ0n) is 8.60. The molecule has 0 saturated heterocycles. The highest BCUT2D eigenvalue weighted by atomic mass is 32.2. The molecule has 0 unspecified atom stereocenters. The van der Waals surface area contributed by atoms with Gasteiger partial charge < -0.3 is 5.21 Å². The van der Waals surface area contributed by atoms with Crippen LogP contribution in [0.25, 0.3) is 0 Å². The molecule has 0 radical (unpaired) electrons. The van der Waals surface area contributed by atoms with Crippen LogP contribution in [0, 0.1) is 0 Å². The second-order valence-electron chi connectivity index (χ2n) is 3.80. The zero-order chi connectivity index (χ0) is 10.5. The fraction of sp³-hybridized carbons (Fsp3) is 0.417. The Morgan fingerprint density at radius 1 is 1.13 bits per heavy atom. The van der Waals surface area contributed by atoms with Gasteiger partial charge in [-0.15, -0.1) is 11.8 Å². The van der Waals surface area contributed by atoms with Crippen molar-refractivity contribution in [2.45, 2.75) is 35.8 Å². The standard InChI is InChI=1S/C12H15NOS/c14-13-10-6-8-12(9-7-10)15-11-4-2-1-3-5-11/h1-5,12,14H,6-9H2. The molecule has 0 atom stereocenters. The van der Waals surface area contributed by atoms with Crippen LogP contribution in [0.4, 0.5) is 0 Å². The molecule has 15 heavy (non-hydrogen) atoms. The van der Waals surface area contributed by atoms with Crippen molar-refractivity contribution >= 4 is 17.5 Å². The summed E-state index contributed by atoms with van der Waals surface area (Å²) >= 11 is 1.94. The van der Waals surface area contributed by atoms with Crippen LogP contribution < -0.4 is 0 Å². The van der Waals surface area contributed by atoms with Gasteiger partial charge in [0.25, 0.3) is 0 Å². The normalized spacial score (nSPS) is 21.3. The van der Waals surface area contributed by atoms with Gasteiger partial charge >= 0.3 is 0 Å². The predicted molar refractivity (Wildman–Crippen MR) is 63.8 cm³/mol. The Labute approximate surface area is 94.4 Å². The van der Waals surface area contributed by atoms with Crippen molar-refractivity contribution in [3.05, 3.63) is 30.3 Å². The first-order valence-corrected chi connectivity index (χ1v) is 6.18. The van der Waals surface area contributed by atoms with E-state index >= 15 is 0 Å². The van der Waals surface area contributed by atoms with Gasteiger partial charge in [0.1, 0.15) is 0 Å². The molecule has 1 N–H and O–H groups in total. The summed E-state index contributed by atoms with van der Waals surface area (Å²) in [5.74, 6) is 0. The molecule has 0 aliphatic heterocycles. The molecular formula is C12H15NOS. The minimum Gasteiger partial charge on any atom is -0.411 e. The first-order chi connectivity index (χ1) is 7.38. The second kappa shape index (κ2) is 5.21. The van der Waals surface area contributed by atoms with Gasteiger partial charge in [-0.1, -0.05) is 23.4 Å². The van der Waals surface area contributed by atoms with Crippen molar-refractivity contribution in [1.82, 2.24) is 0 Å². The molecule has 1 aliphatic rings. The Morgan fingerprint density at radius 2 is 1.80 bits per heavy atom. The molecule has 2 nitrogen and oxygen atoms in total. The lowest BCUT2D eigenvalue weighted by molar-refractivity contribution is 0.314. The first kappa shape index (κ1) is 10.6. The molecule has 0 amide bonds. The van der Waals surface area contributed by atoms with Gasteiger partial charge in [0.15, 0.2) is 0 Å². The molecule has 0 bridgehead atoms. The monoisotopic (exact) mass is 221 g/mol. The maximum atomic E-state index is 8.65. The molecule has 80 valence electrons. The van der Waals surface area contributed by atoms with Gasteiger partial charge in [-0.3, -0.25) is 0 Å². The van der Waals surface area contributed by atoms with E-state index in [9.17, 15) is 0 Å². The highest BCUT2D eigenvalue weighted by Gasteiger charge is 2.18. The van der Waals surface area contributed by atoms with Gasteiger partial charge in [-0.05, 0) is 37.8 Å². The number of oxime groups is 1. The SMILES string of the molecule is ON=C1CCC(Sc2ccccc2)CC1. The van der Waals surface area contributed by atoms with Crippen LogP contribution in [0.3, 0.4) is 0 Å². The van der Waals surface area contributed by atoms with Gasteiger partial charge in [-0.2, -0.15) is 0 Å². The number of thioether (sulfide) groups is 1. The van der Waals surface area contributed by atoms with Gasteiger partial charge in [0.2, 0.25) is 0 Å². The summed E-state index contributed by atoms with van der Waals surface area (Å²) in [6, 6.07) is 10.5. The maximum absolute atomic E-state index is 8.65. The average molecular weight is 221 g/mol. The van der Waals surface area contributed by atoms with E-state index in [2.05, 4.69) is 29.4 Å². The van der Waals surface area contributed by atoms with Crippen LogP contribution in [0.1, 0.15) is 25.7 Å². The summed E-state index contributed by atoms with van der Waals surface area (Å²) < 4.78 is 0. The predicted octanol–water partition coefficient (Wildman–Crippen LogP) is 3.55. The smallest absolute Gasteiger partial charge is 0.0571 e.